The minimum atomic E-state index is -0.174. The molecule has 0 aromatic heterocycles. The largest absolute Gasteiger partial charge is 0.373 e. The van der Waals surface area contributed by atoms with Crippen LogP contribution >= 0.6 is 24.0 Å². The molecule has 0 saturated carbocycles. The van der Waals surface area contributed by atoms with Crippen molar-refractivity contribution in [1.82, 2.24) is 10.6 Å². The molecule has 3 atom stereocenters. The molecule has 0 radical (unpaired) electrons. The number of nitrogens with one attached hydrogen (secondary N) is 2. The molecule has 5 nitrogen and oxygen atoms in total. The smallest absolute Gasteiger partial charge is 0.191 e. The van der Waals surface area contributed by atoms with E-state index in [0.29, 0.717) is 30.5 Å². The van der Waals surface area contributed by atoms with E-state index in [2.05, 4.69) is 15.6 Å². The third-order valence-corrected chi connectivity index (χ3v) is 5.23. The Bertz CT molecular complexity index is 624. The van der Waals surface area contributed by atoms with E-state index in [4.69, 9.17) is 4.74 Å². The summed E-state index contributed by atoms with van der Waals surface area (Å²) < 4.78 is 20.2. The zero-order valence-electron chi connectivity index (χ0n) is 15.8. The summed E-state index contributed by atoms with van der Waals surface area (Å²) in [6, 6.07) is 5.76. The fourth-order valence-corrected chi connectivity index (χ4v) is 3.83. The van der Waals surface area contributed by atoms with Crippen LogP contribution in [-0.4, -0.2) is 44.3 Å². The topological polar surface area (TPSA) is 48.9 Å². The zero-order chi connectivity index (χ0) is 17.8. The van der Waals surface area contributed by atoms with E-state index in [1.165, 1.54) is 6.42 Å². The van der Waals surface area contributed by atoms with E-state index in [0.717, 1.165) is 37.5 Å². The molecule has 1 aromatic rings. The van der Waals surface area contributed by atoms with Crippen LogP contribution in [0.25, 0.3) is 0 Å². The maximum Gasteiger partial charge on any atom is 0.191 e. The maximum absolute atomic E-state index is 14.4. The van der Waals surface area contributed by atoms with E-state index in [-0.39, 0.29) is 29.8 Å². The zero-order valence-corrected chi connectivity index (χ0v) is 18.1. The molecule has 146 valence electrons. The highest BCUT2D eigenvalue weighted by Gasteiger charge is 2.41. The first kappa shape index (κ1) is 21.2. The summed E-state index contributed by atoms with van der Waals surface area (Å²) in [7, 11) is 1.76. The Morgan fingerprint density at radius 2 is 2.08 bits per heavy atom. The SMILES string of the molecule is CCN(CC)c1ccc(CNC(=NC)NC2CC3CCC2O3)cc1F.I. The van der Waals surface area contributed by atoms with Gasteiger partial charge in [0.15, 0.2) is 5.96 Å². The first-order valence-electron chi connectivity index (χ1n) is 9.30. The standard InChI is InChI=1S/C19H29FN4O.HI/c1-4-24(5-2)17-8-6-13(10-15(17)20)12-22-19(21-3)23-16-11-14-7-9-18(16)25-14;/h6,8,10,14,16,18H,4-5,7,9,11-12H2,1-3H3,(H2,21,22,23);1H. The van der Waals surface area contributed by atoms with Gasteiger partial charge in [0.25, 0.3) is 0 Å². The number of ether oxygens (including phenoxy) is 1. The molecule has 2 saturated heterocycles. The van der Waals surface area contributed by atoms with Crippen molar-refractivity contribution >= 4 is 35.6 Å². The van der Waals surface area contributed by atoms with E-state index in [9.17, 15) is 4.39 Å². The molecule has 0 amide bonds. The molecule has 2 aliphatic rings. The molecule has 1 aromatic carbocycles. The number of hydrogen-bond donors (Lipinski definition) is 2. The lowest BCUT2D eigenvalue weighted by molar-refractivity contribution is 0.0992. The summed E-state index contributed by atoms with van der Waals surface area (Å²) in [4.78, 5) is 6.30. The summed E-state index contributed by atoms with van der Waals surface area (Å²) in [5.41, 5.74) is 1.57. The van der Waals surface area contributed by atoms with Gasteiger partial charge in [-0.1, -0.05) is 6.07 Å². The lowest BCUT2D eigenvalue weighted by atomic mass is 9.96. The third-order valence-electron chi connectivity index (χ3n) is 5.23. The average molecular weight is 476 g/mol. The van der Waals surface area contributed by atoms with Gasteiger partial charge < -0.3 is 20.3 Å². The number of nitrogens with zero attached hydrogens (tertiary/aromatic N) is 2. The van der Waals surface area contributed by atoms with Crippen LogP contribution < -0.4 is 15.5 Å². The minimum Gasteiger partial charge on any atom is -0.373 e. The normalized spacial score (nSPS) is 24.3. The van der Waals surface area contributed by atoms with Gasteiger partial charge in [-0.2, -0.15) is 0 Å². The van der Waals surface area contributed by atoms with Crippen LogP contribution in [0, 0.1) is 5.82 Å². The lowest BCUT2D eigenvalue weighted by Crippen LogP contribution is -2.47. The van der Waals surface area contributed by atoms with Gasteiger partial charge in [-0.15, -0.1) is 24.0 Å². The number of anilines is 1. The summed E-state index contributed by atoms with van der Waals surface area (Å²) in [6.45, 7) is 6.21. The van der Waals surface area contributed by atoms with Crippen molar-refractivity contribution in [3.8, 4) is 0 Å². The number of aliphatic imine (C=N–C) groups is 1. The predicted molar refractivity (Wildman–Crippen MR) is 115 cm³/mol. The van der Waals surface area contributed by atoms with Crippen LogP contribution in [0.5, 0.6) is 0 Å². The second kappa shape index (κ2) is 9.73. The van der Waals surface area contributed by atoms with Crippen LogP contribution in [0.15, 0.2) is 23.2 Å². The molecule has 2 N–H and O–H groups in total. The van der Waals surface area contributed by atoms with Crippen molar-refractivity contribution < 1.29 is 9.13 Å². The molecule has 3 unspecified atom stereocenters. The molecule has 3 rings (SSSR count). The number of rotatable bonds is 6. The van der Waals surface area contributed by atoms with Gasteiger partial charge in [0.05, 0.1) is 23.9 Å². The molecule has 2 bridgehead atoms. The number of halogens is 2. The molecule has 7 heteroatoms. The Labute approximate surface area is 172 Å². The van der Waals surface area contributed by atoms with E-state index < -0.39 is 0 Å². The first-order valence-corrected chi connectivity index (χ1v) is 9.30. The Morgan fingerprint density at radius 1 is 1.31 bits per heavy atom. The van der Waals surface area contributed by atoms with Gasteiger partial charge in [0.2, 0.25) is 0 Å². The van der Waals surface area contributed by atoms with Crippen molar-refractivity contribution in [3.05, 3.63) is 29.6 Å². The summed E-state index contributed by atoms with van der Waals surface area (Å²) in [5.74, 6) is 0.571. The molecular weight excluding hydrogens is 446 g/mol. The van der Waals surface area contributed by atoms with Crippen molar-refractivity contribution in [3.63, 3.8) is 0 Å². The van der Waals surface area contributed by atoms with Gasteiger partial charge in [0, 0.05) is 26.7 Å². The summed E-state index contributed by atoms with van der Waals surface area (Å²) in [5, 5.41) is 6.72. The van der Waals surface area contributed by atoms with Crippen molar-refractivity contribution in [2.75, 3.05) is 25.0 Å². The van der Waals surface area contributed by atoms with Crippen molar-refractivity contribution in [2.24, 2.45) is 4.99 Å². The Morgan fingerprint density at radius 3 is 2.62 bits per heavy atom. The number of benzene rings is 1. The van der Waals surface area contributed by atoms with E-state index >= 15 is 0 Å². The van der Waals surface area contributed by atoms with E-state index in [1.54, 1.807) is 13.1 Å². The van der Waals surface area contributed by atoms with E-state index in [1.807, 2.05) is 30.9 Å². The van der Waals surface area contributed by atoms with Crippen LogP contribution in [-0.2, 0) is 11.3 Å². The van der Waals surface area contributed by atoms with Crippen LogP contribution in [0.3, 0.4) is 0 Å². The monoisotopic (exact) mass is 476 g/mol. The van der Waals surface area contributed by atoms with Gasteiger partial charge in [-0.3, -0.25) is 4.99 Å². The minimum absolute atomic E-state index is 0. The number of fused-ring (bicyclic) bond motifs is 2. The molecular formula is C19H30FIN4O. The van der Waals surface area contributed by atoms with Crippen molar-refractivity contribution in [2.45, 2.75) is 57.9 Å². The van der Waals surface area contributed by atoms with Crippen LogP contribution in [0.2, 0.25) is 0 Å². The second-order valence-corrected chi connectivity index (χ2v) is 6.74. The fraction of sp³-hybridized carbons (Fsp3) is 0.632. The summed E-state index contributed by atoms with van der Waals surface area (Å²) >= 11 is 0. The van der Waals surface area contributed by atoms with Gasteiger partial charge >= 0.3 is 0 Å². The molecule has 26 heavy (non-hydrogen) atoms. The van der Waals surface area contributed by atoms with Crippen molar-refractivity contribution in [1.29, 1.82) is 0 Å². The van der Waals surface area contributed by atoms with Gasteiger partial charge in [0.1, 0.15) is 5.82 Å². The third kappa shape index (κ3) is 4.79. The highest BCUT2D eigenvalue weighted by atomic mass is 127. The Kier molecular flexibility index (Phi) is 7.94. The van der Waals surface area contributed by atoms with Crippen LogP contribution in [0.1, 0.15) is 38.7 Å². The van der Waals surface area contributed by atoms with Gasteiger partial charge in [-0.25, -0.2) is 4.39 Å². The average Bonchev–Trinajstić information content (AvgIpc) is 3.24. The van der Waals surface area contributed by atoms with Gasteiger partial charge in [-0.05, 0) is 50.8 Å². The molecule has 0 spiro atoms. The Balaban J connectivity index is 0.00000243. The second-order valence-electron chi connectivity index (χ2n) is 6.74. The Hall–Kier alpha value is -1.09. The molecule has 2 aliphatic heterocycles. The maximum atomic E-state index is 14.4. The first-order chi connectivity index (χ1) is 12.1. The fourth-order valence-electron chi connectivity index (χ4n) is 3.83. The highest BCUT2D eigenvalue weighted by molar-refractivity contribution is 14.0. The molecule has 2 fully saturated rings. The molecule has 2 heterocycles. The predicted octanol–water partition coefficient (Wildman–Crippen LogP) is 3.27. The number of guanidine groups is 1. The molecule has 0 aliphatic carbocycles. The summed E-state index contributed by atoms with van der Waals surface area (Å²) in [6.07, 6.45) is 4.04. The quantitative estimate of drug-likeness (QED) is 0.376. The number of hydrogen-bond acceptors (Lipinski definition) is 3. The van der Waals surface area contributed by atoms with Crippen LogP contribution in [0.4, 0.5) is 10.1 Å². The lowest BCUT2D eigenvalue weighted by Gasteiger charge is -2.23. The highest BCUT2D eigenvalue weighted by Crippen LogP contribution is 2.34.